The van der Waals surface area contributed by atoms with Crippen LogP contribution in [-0.2, 0) is 0 Å². The number of nitrogens with zero attached hydrogens (tertiary/aromatic N) is 1. The Hall–Kier alpha value is -1.82. The molecule has 0 saturated carbocycles. The van der Waals surface area contributed by atoms with Gasteiger partial charge in [-0.3, -0.25) is 0 Å². The van der Waals surface area contributed by atoms with Crippen LogP contribution in [0.1, 0.15) is 27.0 Å². The highest BCUT2D eigenvalue weighted by molar-refractivity contribution is 5.91. The summed E-state index contributed by atoms with van der Waals surface area (Å²) in [6.45, 7) is 3.67. The van der Waals surface area contributed by atoms with E-state index in [4.69, 9.17) is 10.4 Å². The van der Waals surface area contributed by atoms with Gasteiger partial charge in [-0.15, -0.1) is 0 Å². The van der Waals surface area contributed by atoms with E-state index in [1.165, 1.54) is 6.07 Å². The van der Waals surface area contributed by atoms with Gasteiger partial charge >= 0.3 is 5.97 Å². The average Bonchev–Trinajstić information content (AvgIpc) is 2.08. The number of benzene rings is 1. The second-order valence-electron chi connectivity index (χ2n) is 2.90. The predicted octanol–water partition coefficient (Wildman–Crippen LogP) is 1.87. The van der Waals surface area contributed by atoms with Crippen molar-refractivity contribution >= 4 is 5.97 Å². The summed E-state index contributed by atoms with van der Waals surface area (Å²) in [6.07, 6.45) is 0. The molecule has 1 rings (SSSR count). The molecule has 0 heterocycles. The minimum absolute atomic E-state index is 0.0746. The molecule has 0 saturated heterocycles. The molecular formula is C10H9NO2. The molecule has 1 aromatic rings. The third-order valence-corrected chi connectivity index (χ3v) is 1.98. The van der Waals surface area contributed by atoms with Crippen LogP contribution in [0.4, 0.5) is 0 Å². The maximum atomic E-state index is 10.7. The van der Waals surface area contributed by atoms with E-state index in [-0.39, 0.29) is 11.1 Å². The normalized spacial score (nSPS) is 9.31. The molecule has 1 N–H and O–H groups in total. The van der Waals surface area contributed by atoms with Crippen LogP contribution in [0.25, 0.3) is 0 Å². The van der Waals surface area contributed by atoms with Crippen molar-refractivity contribution < 1.29 is 9.90 Å². The van der Waals surface area contributed by atoms with Crippen molar-refractivity contribution in [3.05, 3.63) is 34.4 Å². The lowest BCUT2D eigenvalue weighted by Gasteiger charge is -2.03. The Bertz CT molecular complexity index is 402. The molecule has 3 nitrogen and oxygen atoms in total. The van der Waals surface area contributed by atoms with Gasteiger partial charge in [-0.05, 0) is 37.1 Å². The lowest BCUT2D eigenvalue weighted by atomic mass is 10.0. The molecule has 0 aliphatic rings. The standard InChI is InChI=1S/C10H9NO2/c1-6-3-8(5-11)9(10(12)13)4-7(6)2/h3-4H,1-2H3,(H,12,13). The number of hydrogen-bond donors (Lipinski definition) is 1. The fraction of sp³-hybridized carbons (Fsp3) is 0.200. The maximum absolute atomic E-state index is 10.7. The van der Waals surface area contributed by atoms with Gasteiger partial charge in [-0.25, -0.2) is 4.79 Å². The van der Waals surface area contributed by atoms with E-state index >= 15 is 0 Å². The molecule has 0 amide bonds. The van der Waals surface area contributed by atoms with E-state index in [2.05, 4.69) is 0 Å². The van der Waals surface area contributed by atoms with Gasteiger partial charge in [-0.2, -0.15) is 5.26 Å². The van der Waals surface area contributed by atoms with Crippen LogP contribution in [0.3, 0.4) is 0 Å². The summed E-state index contributed by atoms with van der Waals surface area (Å²) in [4.78, 5) is 10.7. The number of aryl methyl sites for hydroxylation is 2. The predicted molar refractivity (Wildman–Crippen MR) is 47.6 cm³/mol. The molecule has 0 radical (unpaired) electrons. The van der Waals surface area contributed by atoms with Crippen LogP contribution in [0, 0.1) is 25.2 Å². The summed E-state index contributed by atoms with van der Waals surface area (Å²) in [5.41, 5.74) is 2.11. The highest BCUT2D eigenvalue weighted by Gasteiger charge is 2.10. The van der Waals surface area contributed by atoms with E-state index in [0.29, 0.717) is 0 Å². The van der Waals surface area contributed by atoms with Crippen molar-refractivity contribution in [3.8, 4) is 6.07 Å². The summed E-state index contributed by atoms with van der Waals surface area (Å²) in [7, 11) is 0. The Morgan fingerprint density at radius 2 is 1.92 bits per heavy atom. The third kappa shape index (κ3) is 1.67. The number of carboxylic acid groups (broad SMARTS) is 1. The summed E-state index contributed by atoms with van der Waals surface area (Å²) < 4.78 is 0. The second kappa shape index (κ2) is 3.28. The molecule has 1 aromatic carbocycles. The van der Waals surface area contributed by atoms with Gasteiger partial charge in [0.2, 0.25) is 0 Å². The summed E-state index contributed by atoms with van der Waals surface area (Å²) >= 11 is 0. The quantitative estimate of drug-likeness (QED) is 0.708. The zero-order valence-electron chi connectivity index (χ0n) is 7.46. The zero-order valence-corrected chi connectivity index (χ0v) is 7.46. The number of carboxylic acids is 1. The molecule has 0 spiro atoms. The molecule has 0 bridgehead atoms. The number of carbonyl (C=O) groups is 1. The van der Waals surface area contributed by atoms with Crippen LogP contribution in [0.15, 0.2) is 12.1 Å². The minimum atomic E-state index is -1.06. The Morgan fingerprint density at radius 1 is 1.38 bits per heavy atom. The van der Waals surface area contributed by atoms with Crippen LogP contribution in [0.2, 0.25) is 0 Å². The fourth-order valence-corrected chi connectivity index (χ4v) is 1.09. The third-order valence-electron chi connectivity index (χ3n) is 1.98. The molecule has 0 unspecified atom stereocenters. The maximum Gasteiger partial charge on any atom is 0.337 e. The van der Waals surface area contributed by atoms with Crippen LogP contribution >= 0.6 is 0 Å². The molecule has 3 heteroatoms. The van der Waals surface area contributed by atoms with Gasteiger partial charge in [0.1, 0.15) is 6.07 Å². The molecular weight excluding hydrogens is 166 g/mol. The first kappa shape index (κ1) is 9.27. The average molecular weight is 175 g/mol. The number of hydrogen-bond acceptors (Lipinski definition) is 2. The summed E-state index contributed by atoms with van der Waals surface area (Å²) in [5.74, 6) is -1.06. The Balaban J connectivity index is 3.44. The molecule has 13 heavy (non-hydrogen) atoms. The topological polar surface area (TPSA) is 61.1 Å². The molecule has 0 fully saturated rings. The second-order valence-corrected chi connectivity index (χ2v) is 2.90. The smallest absolute Gasteiger partial charge is 0.337 e. The van der Waals surface area contributed by atoms with Crippen molar-refractivity contribution in [2.45, 2.75) is 13.8 Å². The van der Waals surface area contributed by atoms with Gasteiger partial charge in [0, 0.05) is 0 Å². The Labute approximate surface area is 76.2 Å². The van der Waals surface area contributed by atoms with Gasteiger partial charge in [-0.1, -0.05) is 0 Å². The number of aromatic carboxylic acids is 1. The van der Waals surface area contributed by atoms with E-state index in [0.717, 1.165) is 11.1 Å². The SMILES string of the molecule is Cc1cc(C#N)c(C(=O)O)cc1C. The first-order valence-corrected chi connectivity index (χ1v) is 3.81. The van der Waals surface area contributed by atoms with Gasteiger partial charge in [0.25, 0.3) is 0 Å². The highest BCUT2D eigenvalue weighted by atomic mass is 16.4. The van der Waals surface area contributed by atoms with Gasteiger partial charge < -0.3 is 5.11 Å². The molecule has 0 aliphatic heterocycles. The first-order chi connectivity index (χ1) is 6.06. The van der Waals surface area contributed by atoms with E-state index in [1.807, 2.05) is 19.9 Å². The fourth-order valence-electron chi connectivity index (χ4n) is 1.09. The molecule has 0 aromatic heterocycles. The van der Waals surface area contributed by atoms with Crippen molar-refractivity contribution in [2.24, 2.45) is 0 Å². The summed E-state index contributed by atoms with van der Waals surface area (Å²) in [6, 6.07) is 4.98. The van der Waals surface area contributed by atoms with E-state index < -0.39 is 5.97 Å². The van der Waals surface area contributed by atoms with E-state index in [1.54, 1.807) is 6.07 Å². The lowest BCUT2D eigenvalue weighted by molar-refractivity contribution is 0.0696. The minimum Gasteiger partial charge on any atom is -0.478 e. The van der Waals surface area contributed by atoms with Crippen LogP contribution in [0.5, 0.6) is 0 Å². The zero-order chi connectivity index (χ0) is 10.0. The Kier molecular flexibility index (Phi) is 2.34. The van der Waals surface area contributed by atoms with Crippen molar-refractivity contribution in [3.63, 3.8) is 0 Å². The molecule has 0 aliphatic carbocycles. The molecule has 66 valence electrons. The van der Waals surface area contributed by atoms with Crippen molar-refractivity contribution in [1.82, 2.24) is 0 Å². The Morgan fingerprint density at radius 3 is 2.38 bits per heavy atom. The van der Waals surface area contributed by atoms with Gasteiger partial charge in [0.15, 0.2) is 0 Å². The van der Waals surface area contributed by atoms with Crippen LogP contribution < -0.4 is 0 Å². The summed E-state index contributed by atoms with van der Waals surface area (Å²) in [5, 5.41) is 17.4. The van der Waals surface area contributed by atoms with Crippen molar-refractivity contribution in [2.75, 3.05) is 0 Å². The van der Waals surface area contributed by atoms with E-state index in [9.17, 15) is 4.79 Å². The lowest BCUT2D eigenvalue weighted by Crippen LogP contribution is -2.01. The molecule has 0 atom stereocenters. The first-order valence-electron chi connectivity index (χ1n) is 3.81. The monoisotopic (exact) mass is 175 g/mol. The number of nitriles is 1. The largest absolute Gasteiger partial charge is 0.478 e. The van der Waals surface area contributed by atoms with Crippen LogP contribution in [-0.4, -0.2) is 11.1 Å². The number of rotatable bonds is 1. The van der Waals surface area contributed by atoms with Gasteiger partial charge in [0.05, 0.1) is 11.1 Å². The highest BCUT2D eigenvalue weighted by Crippen LogP contribution is 2.15. The van der Waals surface area contributed by atoms with Crippen molar-refractivity contribution in [1.29, 1.82) is 5.26 Å².